The Morgan fingerprint density at radius 3 is 2.74 bits per heavy atom. The first kappa shape index (κ1) is 14.5. The minimum Gasteiger partial charge on any atom is -0.493 e. The Hall–Kier alpha value is -0.930. The van der Waals surface area contributed by atoms with E-state index in [0.717, 1.165) is 30.8 Å². The zero-order valence-electron chi connectivity index (χ0n) is 11.6. The average molecular weight is 284 g/mol. The van der Waals surface area contributed by atoms with Gasteiger partial charge in [0, 0.05) is 22.7 Å². The summed E-state index contributed by atoms with van der Waals surface area (Å²) >= 11 is 6.13. The highest BCUT2D eigenvalue weighted by atomic mass is 35.5. The maximum Gasteiger partial charge on any atom is 0.164 e. The summed E-state index contributed by atoms with van der Waals surface area (Å²) in [7, 11) is 1.64. The van der Waals surface area contributed by atoms with Crippen molar-refractivity contribution in [2.24, 2.45) is 11.7 Å². The number of hydrogen-bond donors (Lipinski definition) is 1. The summed E-state index contributed by atoms with van der Waals surface area (Å²) in [6, 6.07) is 3.85. The van der Waals surface area contributed by atoms with Crippen LogP contribution < -0.4 is 15.2 Å². The van der Waals surface area contributed by atoms with Crippen molar-refractivity contribution in [3.63, 3.8) is 0 Å². The number of rotatable bonds is 7. The van der Waals surface area contributed by atoms with Gasteiger partial charge in [-0.1, -0.05) is 18.5 Å². The molecule has 2 N–H and O–H groups in total. The van der Waals surface area contributed by atoms with E-state index in [9.17, 15) is 0 Å². The van der Waals surface area contributed by atoms with Crippen LogP contribution >= 0.6 is 11.6 Å². The normalized spacial score (nSPS) is 16.2. The summed E-state index contributed by atoms with van der Waals surface area (Å²) < 4.78 is 11.3. The lowest BCUT2D eigenvalue weighted by Crippen LogP contribution is -2.22. The van der Waals surface area contributed by atoms with Gasteiger partial charge in [-0.2, -0.15) is 0 Å². The Bertz CT molecular complexity index is 432. The van der Waals surface area contributed by atoms with Crippen LogP contribution in [-0.2, 0) is 6.42 Å². The molecule has 1 aliphatic rings. The van der Waals surface area contributed by atoms with Crippen molar-refractivity contribution in [3.8, 4) is 11.5 Å². The van der Waals surface area contributed by atoms with E-state index in [0.29, 0.717) is 16.7 Å². The smallest absolute Gasteiger partial charge is 0.164 e. The van der Waals surface area contributed by atoms with Crippen molar-refractivity contribution < 1.29 is 9.47 Å². The summed E-state index contributed by atoms with van der Waals surface area (Å²) in [5.41, 5.74) is 7.09. The van der Waals surface area contributed by atoms with Crippen molar-refractivity contribution in [2.45, 2.75) is 38.6 Å². The molecule has 0 aliphatic heterocycles. The lowest BCUT2D eigenvalue weighted by Gasteiger charge is -2.17. The number of nitrogens with two attached hydrogens (primary N) is 1. The van der Waals surface area contributed by atoms with Crippen molar-refractivity contribution >= 4 is 11.6 Å². The second-order valence-corrected chi connectivity index (χ2v) is 5.66. The van der Waals surface area contributed by atoms with Gasteiger partial charge in [-0.3, -0.25) is 0 Å². The molecule has 0 radical (unpaired) electrons. The summed E-state index contributed by atoms with van der Waals surface area (Å²) in [6.45, 7) is 2.84. The maximum absolute atomic E-state index is 6.13. The van der Waals surface area contributed by atoms with Crippen molar-refractivity contribution in [1.82, 2.24) is 0 Å². The molecular formula is C15H22ClNO2. The third kappa shape index (κ3) is 4.02. The van der Waals surface area contributed by atoms with Crippen LogP contribution in [0.25, 0.3) is 0 Å². The predicted octanol–water partition coefficient (Wildman–Crippen LogP) is 3.42. The highest BCUT2D eigenvalue weighted by Gasteiger charge is 2.24. The standard InChI is InChI=1S/C15H22ClNO2/c1-3-13(17)7-11-6-12(16)8-14(18-2)15(11)19-9-10-4-5-10/h6,8,10,13H,3-5,7,9,17H2,1-2H3. The molecule has 0 bridgehead atoms. The summed E-state index contributed by atoms with van der Waals surface area (Å²) in [6.07, 6.45) is 4.21. The van der Waals surface area contributed by atoms with E-state index < -0.39 is 0 Å². The van der Waals surface area contributed by atoms with Crippen molar-refractivity contribution in [3.05, 3.63) is 22.7 Å². The van der Waals surface area contributed by atoms with E-state index >= 15 is 0 Å². The first-order chi connectivity index (χ1) is 9.13. The predicted molar refractivity (Wildman–Crippen MR) is 78.2 cm³/mol. The largest absolute Gasteiger partial charge is 0.493 e. The third-order valence-electron chi connectivity index (χ3n) is 3.48. The molecular weight excluding hydrogens is 262 g/mol. The molecule has 106 valence electrons. The third-order valence-corrected chi connectivity index (χ3v) is 3.70. The lowest BCUT2D eigenvalue weighted by molar-refractivity contribution is 0.277. The van der Waals surface area contributed by atoms with E-state index in [1.165, 1.54) is 12.8 Å². The molecule has 0 spiro atoms. The van der Waals surface area contributed by atoms with Crippen LogP contribution in [0.5, 0.6) is 11.5 Å². The molecule has 1 aromatic rings. The Labute approximate surface area is 120 Å². The number of benzene rings is 1. The van der Waals surface area contributed by atoms with Crippen LogP contribution in [-0.4, -0.2) is 19.8 Å². The highest BCUT2D eigenvalue weighted by Crippen LogP contribution is 2.37. The number of ether oxygens (including phenoxy) is 2. The molecule has 2 rings (SSSR count). The van der Waals surface area contributed by atoms with Gasteiger partial charge in [0.05, 0.1) is 13.7 Å². The Morgan fingerprint density at radius 1 is 1.42 bits per heavy atom. The van der Waals surface area contributed by atoms with E-state index in [1.54, 1.807) is 13.2 Å². The van der Waals surface area contributed by atoms with Crippen LogP contribution in [0.4, 0.5) is 0 Å². The molecule has 1 unspecified atom stereocenters. The quantitative estimate of drug-likeness (QED) is 0.834. The SMILES string of the molecule is CCC(N)Cc1cc(Cl)cc(OC)c1OCC1CC1. The highest BCUT2D eigenvalue weighted by molar-refractivity contribution is 6.30. The number of hydrogen-bond acceptors (Lipinski definition) is 3. The topological polar surface area (TPSA) is 44.5 Å². The summed E-state index contributed by atoms with van der Waals surface area (Å²) in [4.78, 5) is 0. The lowest BCUT2D eigenvalue weighted by atomic mass is 10.0. The van der Waals surface area contributed by atoms with Crippen LogP contribution in [0.3, 0.4) is 0 Å². The molecule has 19 heavy (non-hydrogen) atoms. The molecule has 1 aromatic carbocycles. The maximum atomic E-state index is 6.13. The Morgan fingerprint density at radius 2 is 2.16 bits per heavy atom. The molecule has 0 heterocycles. The fourth-order valence-electron chi connectivity index (χ4n) is 2.00. The summed E-state index contributed by atoms with van der Waals surface area (Å²) in [5.74, 6) is 2.21. The van der Waals surface area contributed by atoms with Gasteiger partial charge in [-0.05, 0) is 37.7 Å². The number of halogens is 1. The van der Waals surface area contributed by atoms with Crippen LogP contribution in [0.1, 0.15) is 31.7 Å². The summed E-state index contributed by atoms with van der Waals surface area (Å²) in [5, 5.41) is 0.661. The molecule has 3 nitrogen and oxygen atoms in total. The van der Waals surface area contributed by atoms with Gasteiger partial charge in [-0.25, -0.2) is 0 Å². The van der Waals surface area contributed by atoms with E-state index in [1.807, 2.05) is 6.07 Å². The van der Waals surface area contributed by atoms with Gasteiger partial charge in [0.25, 0.3) is 0 Å². The number of methoxy groups -OCH3 is 1. The molecule has 1 atom stereocenters. The van der Waals surface area contributed by atoms with Crippen molar-refractivity contribution in [2.75, 3.05) is 13.7 Å². The molecule has 1 fully saturated rings. The van der Waals surface area contributed by atoms with Gasteiger partial charge in [-0.15, -0.1) is 0 Å². The zero-order chi connectivity index (χ0) is 13.8. The van der Waals surface area contributed by atoms with Gasteiger partial charge < -0.3 is 15.2 Å². The van der Waals surface area contributed by atoms with Crippen LogP contribution in [0.15, 0.2) is 12.1 Å². The first-order valence-electron chi connectivity index (χ1n) is 6.88. The molecule has 0 aromatic heterocycles. The first-order valence-corrected chi connectivity index (χ1v) is 7.26. The average Bonchev–Trinajstić information content (AvgIpc) is 3.20. The Balaban J connectivity index is 2.22. The van der Waals surface area contributed by atoms with Crippen LogP contribution in [0, 0.1) is 5.92 Å². The second kappa shape index (κ2) is 6.49. The van der Waals surface area contributed by atoms with Gasteiger partial charge in [0.1, 0.15) is 0 Å². The molecule has 4 heteroatoms. The monoisotopic (exact) mass is 283 g/mol. The van der Waals surface area contributed by atoms with E-state index in [2.05, 4.69) is 6.92 Å². The van der Waals surface area contributed by atoms with Gasteiger partial charge in [0.15, 0.2) is 11.5 Å². The molecule has 1 aliphatic carbocycles. The van der Waals surface area contributed by atoms with Crippen molar-refractivity contribution in [1.29, 1.82) is 0 Å². The molecule has 1 saturated carbocycles. The van der Waals surface area contributed by atoms with Crippen LogP contribution in [0.2, 0.25) is 5.02 Å². The zero-order valence-corrected chi connectivity index (χ0v) is 12.4. The fourth-order valence-corrected chi connectivity index (χ4v) is 2.23. The minimum absolute atomic E-state index is 0.117. The van der Waals surface area contributed by atoms with E-state index in [4.69, 9.17) is 26.8 Å². The molecule has 0 saturated heterocycles. The van der Waals surface area contributed by atoms with E-state index in [-0.39, 0.29) is 6.04 Å². The second-order valence-electron chi connectivity index (χ2n) is 5.22. The van der Waals surface area contributed by atoms with Gasteiger partial charge >= 0.3 is 0 Å². The Kier molecular flexibility index (Phi) is 4.94. The fraction of sp³-hybridized carbons (Fsp3) is 0.600. The molecule has 0 amide bonds. The minimum atomic E-state index is 0.117. The van der Waals surface area contributed by atoms with Gasteiger partial charge in [0.2, 0.25) is 0 Å².